The van der Waals surface area contributed by atoms with Crippen molar-refractivity contribution in [2.24, 2.45) is 23.5 Å². The van der Waals surface area contributed by atoms with Crippen molar-refractivity contribution in [1.82, 2.24) is 16.0 Å². The third-order valence-corrected chi connectivity index (χ3v) is 7.39. The average Bonchev–Trinajstić information content (AvgIpc) is 2.97. The van der Waals surface area contributed by atoms with Gasteiger partial charge in [0.2, 0.25) is 17.7 Å². The number of hydrogen-bond acceptors (Lipinski definition) is 7. The monoisotopic (exact) mass is 596 g/mol. The highest BCUT2D eigenvalue weighted by Crippen LogP contribution is 2.20. The summed E-state index contributed by atoms with van der Waals surface area (Å²) in [6.45, 7) is 8.74. The molecule has 0 spiro atoms. The second-order valence-electron chi connectivity index (χ2n) is 11.8. The van der Waals surface area contributed by atoms with Crippen LogP contribution < -0.4 is 21.7 Å². The Bertz CT molecular complexity index is 1170. The van der Waals surface area contributed by atoms with Gasteiger partial charge >= 0.3 is 5.97 Å². The standard InChI is InChI=1S/C33H48N4O6/c1-20(2)28(32(41)37-29(21(3)4)33(42)43-6)36-31(40)25(17-23-13-9-7-10-14-23)19-27(38)26(35-30(39)22(5)34)18-24-15-11-8-12-16-24/h7-16,20-22,25-29,38H,17-19,34H2,1-6H3,(H,35,39)(H,36,40)(H,37,41). The zero-order valence-corrected chi connectivity index (χ0v) is 26.1. The van der Waals surface area contributed by atoms with Crippen LogP contribution in [0.15, 0.2) is 60.7 Å². The molecule has 2 aromatic carbocycles. The number of hydrogen-bond donors (Lipinski definition) is 5. The Labute approximate surface area is 255 Å². The molecule has 10 nitrogen and oxygen atoms in total. The van der Waals surface area contributed by atoms with Crippen LogP contribution in [0.2, 0.25) is 0 Å². The Morgan fingerprint density at radius 1 is 0.721 bits per heavy atom. The van der Waals surface area contributed by atoms with Crippen LogP contribution in [-0.4, -0.2) is 66.2 Å². The van der Waals surface area contributed by atoms with Crippen LogP contribution in [0, 0.1) is 17.8 Å². The highest BCUT2D eigenvalue weighted by molar-refractivity contribution is 5.91. The third-order valence-electron chi connectivity index (χ3n) is 7.39. The fourth-order valence-corrected chi connectivity index (χ4v) is 4.78. The van der Waals surface area contributed by atoms with Gasteiger partial charge in [-0.2, -0.15) is 0 Å². The molecule has 236 valence electrons. The van der Waals surface area contributed by atoms with Crippen molar-refractivity contribution >= 4 is 23.7 Å². The van der Waals surface area contributed by atoms with E-state index in [0.717, 1.165) is 11.1 Å². The zero-order valence-electron chi connectivity index (χ0n) is 26.1. The normalized spacial score (nSPS) is 15.5. The van der Waals surface area contributed by atoms with Crippen LogP contribution in [0.4, 0.5) is 0 Å². The quantitative estimate of drug-likeness (QED) is 0.186. The van der Waals surface area contributed by atoms with E-state index in [2.05, 4.69) is 16.0 Å². The molecule has 0 aromatic heterocycles. The molecule has 6 unspecified atom stereocenters. The predicted octanol–water partition coefficient (Wildman–Crippen LogP) is 2.13. The van der Waals surface area contributed by atoms with Gasteiger partial charge in [0.25, 0.3) is 0 Å². The summed E-state index contributed by atoms with van der Waals surface area (Å²) in [5.41, 5.74) is 7.58. The van der Waals surface area contributed by atoms with Gasteiger partial charge in [0.1, 0.15) is 12.1 Å². The molecule has 0 saturated heterocycles. The first-order valence-corrected chi connectivity index (χ1v) is 14.8. The first kappa shape index (κ1) is 35.4. The van der Waals surface area contributed by atoms with E-state index in [1.54, 1.807) is 34.6 Å². The number of methoxy groups -OCH3 is 1. The van der Waals surface area contributed by atoms with Crippen LogP contribution in [0.1, 0.15) is 52.2 Å². The van der Waals surface area contributed by atoms with Crippen molar-refractivity contribution in [3.8, 4) is 0 Å². The molecular weight excluding hydrogens is 548 g/mol. The smallest absolute Gasteiger partial charge is 0.328 e. The summed E-state index contributed by atoms with van der Waals surface area (Å²) in [7, 11) is 1.26. The van der Waals surface area contributed by atoms with Crippen LogP contribution >= 0.6 is 0 Å². The van der Waals surface area contributed by atoms with Gasteiger partial charge in [-0.3, -0.25) is 14.4 Å². The van der Waals surface area contributed by atoms with E-state index in [0.29, 0.717) is 12.8 Å². The van der Waals surface area contributed by atoms with Crippen molar-refractivity contribution in [2.75, 3.05) is 7.11 Å². The van der Waals surface area contributed by atoms with Crippen LogP contribution in [0.3, 0.4) is 0 Å². The number of aliphatic hydroxyl groups is 1. The summed E-state index contributed by atoms with van der Waals surface area (Å²) in [6, 6.07) is 15.5. The minimum Gasteiger partial charge on any atom is -0.467 e. The number of rotatable bonds is 16. The Morgan fingerprint density at radius 2 is 1.21 bits per heavy atom. The van der Waals surface area contributed by atoms with Crippen molar-refractivity contribution in [1.29, 1.82) is 0 Å². The first-order chi connectivity index (χ1) is 20.3. The van der Waals surface area contributed by atoms with E-state index in [-0.39, 0.29) is 18.3 Å². The lowest BCUT2D eigenvalue weighted by molar-refractivity contribution is -0.147. The Balaban J connectivity index is 2.32. The van der Waals surface area contributed by atoms with Gasteiger partial charge in [0.15, 0.2) is 0 Å². The van der Waals surface area contributed by atoms with Crippen LogP contribution in [0.5, 0.6) is 0 Å². The van der Waals surface area contributed by atoms with E-state index in [4.69, 9.17) is 10.5 Å². The summed E-state index contributed by atoms with van der Waals surface area (Å²) in [6.07, 6.45) is -0.452. The molecule has 10 heteroatoms. The predicted molar refractivity (Wildman–Crippen MR) is 166 cm³/mol. The number of carbonyl (C=O) groups excluding carboxylic acids is 4. The molecule has 6 N–H and O–H groups in total. The number of aliphatic hydroxyl groups excluding tert-OH is 1. The molecule has 0 fully saturated rings. The van der Waals surface area contributed by atoms with Gasteiger partial charge in [-0.1, -0.05) is 88.4 Å². The molecule has 0 aliphatic carbocycles. The van der Waals surface area contributed by atoms with E-state index in [9.17, 15) is 24.3 Å². The Hall–Kier alpha value is -3.76. The molecule has 0 aliphatic heterocycles. The Kier molecular flexibility index (Phi) is 14.3. The Morgan fingerprint density at radius 3 is 1.67 bits per heavy atom. The van der Waals surface area contributed by atoms with E-state index < -0.39 is 59.9 Å². The van der Waals surface area contributed by atoms with Gasteiger partial charge in [-0.05, 0) is 49.1 Å². The molecule has 43 heavy (non-hydrogen) atoms. The van der Waals surface area contributed by atoms with Crippen molar-refractivity contribution in [3.05, 3.63) is 71.8 Å². The fraction of sp³-hybridized carbons (Fsp3) is 0.515. The minimum atomic E-state index is -1.10. The van der Waals surface area contributed by atoms with Gasteiger partial charge in [0.05, 0.1) is 25.3 Å². The van der Waals surface area contributed by atoms with Crippen LogP contribution in [-0.2, 0) is 36.8 Å². The van der Waals surface area contributed by atoms with Gasteiger partial charge in [-0.15, -0.1) is 0 Å². The van der Waals surface area contributed by atoms with Gasteiger partial charge in [-0.25, -0.2) is 4.79 Å². The average molecular weight is 597 g/mol. The first-order valence-electron chi connectivity index (χ1n) is 14.8. The molecule has 0 heterocycles. The summed E-state index contributed by atoms with van der Waals surface area (Å²) in [5.74, 6) is -3.17. The zero-order chi connectivity index (χ0) is 32.1. The highest BCUT2D eigenvalue weighted by atomic mass is 16.5. The lowest BCUT2D eigenvalue weighted by Crippen LogP contribution is -2.56. The van der Waals surface area contributed by atoms with Gasteiger partial charge in [0, 0.05) is 5.92 Å². The molecule has 0 saturated carbocycles. The second-order valence-corrected chi connectivity index (χ2v) is 11.8. The largest absolute Gasteiger partial charge is 0.467 e. The maximum Gasteiger partial charge on any atom is 0.328 e. The van der Waals surface area contributed by atoms with Crippen molar-refractivity contribution in [3.63, 3.8) is 0 Å². The summed E-state index contributed by atoms with van der Waals surface area (Å²) in [4.78, 5) is 52.0. The molecular formula is C33H48N4O6. The molecule has 6 atom stereocenters. The number of benzene rings is 2. The lowest BCUT2D eigenvalue weighted by Gasteiger charge is -2.30. The topological polar surface area (TPSA) is 160 Å². The summed E-state index contributed by atoms with van der Waals surface area (Å²) in [5, 5.41) is 19.9. The molecule has 0 radical (unpaired) electrons. The number of nitrogens with two attached hydrogens (primary N) is 1. The van der Waals surface area contributed by atoms with Crippen molar-refractivity contribution < 1.29 is 29.0 Å². The molecule has 0 bridgehead atoms. The molecule has 2 aromatic rings. The maximum atomic E-state index is 13.8. The third kappa shape index (κ3) is 11.4. The van der Waals surface area contributed by atoms with E-state index >= 15 is 0 Å². The van der Waals surface area contributed by atoms with E-state index in [1.165, 1.54) is 7.11 Å². The number of carbonyl (C=O) groups is 4. The van der Waals surface area contributed by atoms with E-state index in [1.807, 2.05) is 60.7 Å². The fourth-order valence-electron chi connectivity index (χ4n) is 4.78. The van der Waals surface area contributed by atoms with Gasteiger partial charge < -0.3 is 31.5 Å². The summed E-state index contributed by atoms with van der Waals surface area (Å²) >= 11 is 0. The number of esters is 1. The highest BCUT2D eigenvalue weighted by Gasteiger charge is 2.34. The SMILES string of the molecule is COC(=O)C(NC(=O)C(NC(=O)C(Cc1ccccc1)CC(O)C(Cc1ccccc1)NC(=O)C(C)N)C(C)C)C(C)C. The second kappa shape index (κ2) is 17.4. The van der Waals surface area contributed by atoms with Crippen molar-refractivity contribution in [2.45, 2.75) is 84.2 Å². The molecule has 3 amide bonds. The minimum absolute atomic E-state index is 0.0146. The summed E-state index contributed by atoms with van der Waals surface area (Å²) < 4.78 is 4.84. The number of nitrogens with one attached hydrogen (secondary N) is 3. The molecule has 0 aliphatic rings. The molecule has 2 rings (SSSR count). The maximum absolute atomic E-state index is 13.8. The number of ether oxygens (including phenoxy) is 1. The lowest BCUT2D eigenvalue weighted by atomic mass is 9.88. The van der Waals surface area contributed by atoms with Crippen LogP contribution in [0.25, 0.3) is 0 Å². The number of amides is 3.